The van der Waals surface area contributed by atoms with Crippen molar-refractivity contribution in [1.29, 1.82) is 0 Å². The number of carbonyl (C=O) groups is 2. The van der Waals surface area contributed by atoms with E-state index in [1.807, 2.05) is 12.2 Å². The van der Waals surface area contributed by atoms with Crippen molar-refractivity contribution in [2.45, 2.75) is 128 Å². The smallest absolute Gasteiger partial charge is 0.305 e. The summed E-state index contributed by atoms with van der Waals surface area (Å²) in [5.41, 5.74) is 0. The van der Waals surface area contributed by atoms with Crippen molar-refractivity contribution in [1.82, 2.24) is 5.39 Å². The van der Waals surface area contributed by atoms with Gasteiger partial charge in [-0.05, 0) is 69.6 Å². The summed E-state index contributed by atoms with van der Waals surface area (Å²) in [4.78, 5) is 28.6. The van der Waals surface area contributed by atoms with E-state index in [1.165, 1.54) is 19.3 Å². The maximum atomic E-state index is 12.3. The Morgan fingerprint density at radius 3 is 2.22 bits per heavy atom. The minimum Gasteiger partial charge on any atom is -0.466 e. The first-order valence-corrected chi connectivity index (χ1v) is 14.3. The standard InChI is InChI=1S/C28H51NO8/c1-2-3-4-5-10-15-23(30)18-19-25-24(26(31)22-27(25)32)16-11-6-7-12-17-28(33)36-20-13-8-9-14-21-37-29(34)35/h6,11,24-27,31-32,34-35H,2-5,7-10,12-22H2,1H3/b11-6-/t24-,25-,26+,27-/m1/s1. The van der Waals surface area contributed by atoms with E-state index in [2.05, 4.69) is 11.8 Å². The number of rotatable bonds is 23. The number of aliphatic hydroxyl groups is 2. The molecule has 0 aromatic rings. The predicted octanol–water partition coefficient (Wildman–Crippen LogP) is 5.29. The van der Waals surface area contributed by atoms with E-state index in [9.17, 15) is 19.8 Å². The lowest BCUT2D eigenvalue weighted by Crippen LogP contribution is -2.22. The van der Waals surface area contributed by atoms with Crippen molar-refractivity contribution in [3.8, 4) is 0 Å². The second-order valence-electron chi connectivity index (χ2n) is 10.3. The van der Waals surface area contributed by atoms with Gasteiger partial charge in [-0.3, -0.25) is 24.8 Å². The fraction of sp³-hybridized carbons (Fsp3) is 0.857. The molecule has 216 valence electrons. The van der Waals surface area contributed by atoms with Crippen molar-refractivity contribution in [2.75, 3.05) is 13.2 Å². The third kappa shape index (κ3) is 17.0. The number of esters is 1. The molecule has 1 aliphatic carbocycles. The van der Waals surface area contributed by atoms with Gasteiger partial charge in [0, 0.05) is 19.3 Å². The Kier molecular flexibility index (Phi) is 19.6. The molecule has 4 N–H and O–H groups in total. The minimum atomic E-state index is -0.555. The van der Waals surface area contributed by atoms with Crippen LogP contribution in [-0.2, 0) is 19.2 Å². The molecule has 0 radical (unpaired) electrons. The number of ether oxygens (including phenoxy) is 1. The number of hydrogen-bond acceptors (Lipinski definition) is 9. The van der Waals surface area contributed by atoms with Crippen LogP contribution in [-0.4, -0.2) is 63.2 Å². The number of Topliss-reactive ketones (excluding diaryl/α,β-unsaturated/α-hetero) is 1. The Labute approximate surface area is 222 Å². The van der Waals surface area contributed by atoms with Crippen LogP contribution in [0.5, 0.6) is 0 Å². The molecule has 0 heterocycles. The summed E-state index contributed by atoms with van der Waals surface area (Å²) < 4.78 is 5.23. The zero-order valence-corrected chi connectivity index (χ0v) is 22.8. The molecule has 1 rings (SSSR count). The van der Waals surface area contributed by atoms with Crippen molar-refractivity contribution >= 4 is 11.8 Å². The Morgan fingerprint density at radius 1 is 0.811 bits per heavy atom. The van der Waals surface area contributed by atoms with Crippen LogP contribution in [0.4, 0.5) is 0 Å². The summed E-state index contributed by atoms with van der Waals surface area (Å²) in [5, 5.41) is 37.3. The van der Waals surface area contributed by atoms with Crippen molar-refractivity contribution < 1.29 is 39.8 Å². The summed E-state index contributed by atoms with van der Waals surface area (Å²) in [5.74, 6) is -0.0352. The van der Waals surface area contributed by atoms with Gasteiger partial charge in [0.25, 0.3) is 0 Å². The maximum Gasteiger partial charge on any atom is 0.305 e. The number of carbonyl (C=O) groups excluding carboxylic acids is 2. The number of allylic oxidation sites excluding steroid dienone is 2. The summed E-state index contributed by atoms with van der Waals surface area (Å²) in [6.07, 6.45) is 16.3. The van der Waals surface area contributed by atoms with Crippen LogP contribution in [0.2, 0.25) is 0 Å². The van der Waals surface area contributed by atoms with Gasteiger partial charge < -0.3 is 14.9 Å². The summed E-state index contributed by atoms with van der Waals surface area (Å²) in [7, 11) is 0. The molecule has 0 aromatic heterocycles. The van der Waals surface area contributed by atoms with Gasteiger partial charge in [0.2, 0.25) is 0 Å². The van der Waals surface area contributed by atoms with Crippen LogP contribution in [0, 0.1) is 11.8 Å². The van der Waals surface area contributed by atoms with Gasteiger partial charge in [-0.25, -0.2) is 0 Å². The minimum absolute atomic E-state index is 0.0358. The van der Waals surface area contributed by atoms with Crippen molar-refractivity contribution in [2.24, 2.45) is 11.8 Å². The molecule has 0 spiro atoms. The second kappa shape index (κ2) is 21.6. The SMILES string of the molecule is CCCCCCCC(=O)CC[C@@H]1[C@@H](C/C=C\CCCC(=O)OCCCCCCON(O)O)[C@@H](O)C[C@H]1O. The quantitative estimate of drug-likeness (QED) is 0.0602. The lowest BCUT2D eigenvalue weighted by Gasteiger charge is -2.22. The molecule has 1 aliphatic rings. The van der Waals surface area contributed by atoms with E-state index in [0.717, 1.165) is 38.5 Å². The number of aliphatic hydroxyl groups excluding tert-OH is 2. The first-order valence-electron chi connectivity index (χ1n) is 14.3. The van der Waals surface area contributed by atoms with E-state index in [4.69, 9.17) is 15.2 Å². The summed E-state index contributed by atoms with van der Waals surface area (Å²) in [6.45, 7) is 2.78. The van der Waals surface area contributed by atoms with Gasteiger partial charge in [0.05, 0.1) is 30.8 Å². The highest BCUT2D eigenvalue weighted by Crippen LogP contribution is 2.38. The lowest BCUT2D eigenvalue weighted by molar-refractivity contribution is -0.492. The highest BCUT2D eigenvalue weighted by Gasteiger charge is 2.40. The average molecular weight is 530 g/mol. The molecule has 4 atom stereocenters. The van der Waals surface area contributed by atoms with Crippen molar-refractivity contribution in [3.05, 3.63) is 12.2 Å². The van der Waals surface area contributed by atoms with Gasteiger partial charge in [0.15, 0.2) is 0 Å². The highest BCUT2D eigenvalue weighted by molar-refractivity contribution is 5.78. The van der Waals surface area contributed by atoms with E-state index < -0.39 is 12.2 Å². The maximum absolute atomic E-state index is 12.3. The summed E-state index contributed by atoms with van der Waals surface area (Å²) in [6, 6.07) is 0. The molecule has 37 heavy (non-hydrogen) atoms. The van der Waals surface area contributed by atoms with E-state index >= 15 is 0 Å². The zero-order valence-electron chi connectivity index (χ0n) is 22.8. The molecule has 0 bridgehead atoms. The van der Waals surface area contributed by atoms with Gasteiger partial charge in [-0.1, -0.05) is 51.2 Å². The van der Waals surface area contributed by atoms with Crippen LogP contribution in [0.3, 0.4) is 0 Å². The van der Waals surface area contributed by atoms with E-state index in [-0.39, 0.29) is 35.6 Å². The van der Waals surface area contributed by atoms with Gasteiger partial charge >= 0.3 is 5.97 Å². The molecule has 9 nitrogen and oxygen atoms in total. The molecule has 0 saturated heterocycles. The zero-order chi connectivity index (χ0) is 27.3. The largest absolute Gasteiger partial charge is 0.466 e. The van der Waals surface area contributed by atoms with Gasteiger partial charge in [-0.15, -0.1) is 0 Å². The van der Waals surface area contributed by atoms with E-state index in [1.54, 1.807) is 0 Å². The van der Waals surface area contributed by atoms with Crippen LogP contribution in [0.25, 0.3) is 0 Å². The second-order valence-corrected chi connectivity index (χ2v) is 10.3. The monoisotopic (exact) mass is 529 g/mol. The van der Waals surface area contributed by atoms with Gasteiger partial charge in [-0.2, -0.15) is 0 Å². The van der Waals surface area contributed by atoms with Crippen molar-refractivity contribution in [3.63, 3.8) is 0 Å². The third-order valence-corrected chi connectivity index (χ3v) is 7.17. The van der Waals surface area contributed by atoms with E-state index in [0.29, 0.717) is 58.0 Å². The molecule has 1 saturated carbocycles. The van der Waals surface area contributed by atoms with Crippen LogP contribution < -0.4 is 0 Å². The van der Waals surface area contributed by atoms with Crippen LogP contribution in [0.1, 0.15) is 116 Å². The summed E-state index contributed by atoms with van der Waals surface area (Å²) >= 11 is 0. The molecule has 0 aliphatic heterocycles. The topological polar surface area (TPSA) is 137 Å². The number of unbranched alkanes of at least 4 members (excludes halogenated alkanes) is 8. The highest BCUT2D eigenvalue weighted by atomic mass is 17.1. The molecule has 0 aromatic carbocycles. The first-order chi connectivity index (χ1) is 17.8. The predicted molar refractivity (Wildman–Crippen MR) is 140 cm³/mol. The van der Waals surface area contributed by atoms with Crippen LogP contribution >= 0.6 is 0 Å². The first kappa shape index (κ1) is 33.7. The third-order valence-electron chi connectivity index (χ3n) is 7.17. The fourth-order valence-corrected chi connectivity index (χ4v) is 4.98. The molecule has 1 fully saturated rings. The van der Waals surface area contributed by atoms with Gasteiger partial charge in [0.1, 0.15) is 5.78 Å². The molecular weight excluding hydrogens is 478 g/mol. The normalized spacial score (nSPS) is 21.8. The number of nitrogens with zero attached hydrogens (tertiary/aromatic N) is 1. The fourth-order valence-electron chi connectivity index (χ4n) is 4.98. The Hall–Kier alpha value is -1.36. The number of ketones is 1. The molecule has 9 heteroatoms. The average Bonchev–Trinajstić information content (AvgIpc) is 3.12. The number of hydrogen-bond donors (Lipinski definition) is 4. The molecule has 0 amide bonds. The lowest BCUT2D eigenvalue weighted by atomic mass is 9.86. The Balaban J connectivity index is 2.14. The van der Waals surface area contributed by atoms with Crippen LogP contribution in [0.15, 0.2) is 12.2 Å². The Bertz CT molecular complexity index is 627. The molecule has 0 unspecified atom stereocenters. The molecular formula is C28H51NO8. The Morgan fingerprint density at radius 2 is 1.49 bits per heavy atom.